The number of ether oxygens (including phenoxy) is 1. The van der Waals surface area contributed by atoms with Gasteiger partial charge in [0.25, 0.3) is 0 Å². The SMILES string of the molecule is COC1(C)CC(Nc2nc(NCc3c[nH+]ccc3C(F)(F)F)ncc2C#N)C1(C)C.[OH-]. The molecule has 2 aromatic heterocycles. The van der Waals surface area contributed by atoms with Crippen molar-refractivity contribution in [2.24, 2.45) is 5.41 Å². The van der Waals surface area contributed by atoms with Crippen LogP contribution in [0.1, 0.15) is 43.9 Å². The van der Waals surface area contributed by atoms with Crippen LogP contribution in [-0.2, 0) is 17.5 Å². The normalized spacial score (nSPS) is 21.9. The third kappa shape index (κ3) is 4.55. The van der Waals surface area contributed by atoms with Gasteiger partial charge in [0.2, 0.25) is 5.95 Å². The molecule has 0 amide bonds. The number of pyridine rings is 1. The lowest BCUT2D eigenvalue weighted by molar-refractivity contribution is -0.379. The van der Waals surface area contributed by atoms with Gasteiger partial charge in [-0.2, -0.15) is 23.4 Å². The molecule has 0 aromatic carbocycles. The van der Waals surface area contributed by atoms with Crippen LogP contribution in [0.2, 0.25) is 0 Å². The van der Waals surface area contributed by atoms with Crippen molar-refractivity contribution in [1.82, 2.24) is 9.97 Å². The fraction of sp³-hybridized carbons (Fsp3) is 0.500. The second-order valence-electron chi connectivity index (χ2n) is 8.06. The van der Waals surface area contributed by atoms with Crippen LogP contribution in [0.15, 0.2) is 24.7 Å². The zero-order valence-corrected chi connectivity index (χ0v) is 17.6. The molecule has 168 valence electrons. The summed E-state index contributed by atoms with van der Waals surface area (Å²) in [5.74, 6) is 0.460. The van der Waals surface area contributed by atoms with Crippen molar-refractivity contribution < 1.29 is 28.4 Å². The summed E-state index contributed by atoms with van der Waals surface area (Å²) < 4.78 is 45.1. The van der Waals surface area contributed by atoms with Crippen molar-refractivity contribution in [3.8, 4) is 6.07 Å². The van der Waals surface area contributed by atoms with Gasteiger partial charge in [-0.05, 0) is 13.3 Å². The number of anilines is 2. The zero-order chi connectivity index (χ0) is 22.2. The van der Waals surface area contributed by atoms with Crippen molar-refractivity contribution in [3.63, 3.8) is 0 Å². The van der Waals surface area contributed by atoms with Gasteiger partial charge in [0, 0.05) is 36.7 Å². The lowest BCUT2D eigenvalue weighted by Crippen LogP contribution is -2.65. The molecule has 0 bridgehead atoms. The number of nitriles is 1. The molecule has 4 N–H and O–H groups in total. The second-order valence-corrected chi connectivity index (χ2v) is 8.06. The molecule has 1 aliphatic rings. The van der Waals surface area contributed by atoms with E-state index in [4.69, 9.17) is 4.74 Å². The highest BCUT2D eigenvalue weighted by atomic mass is 19.4. The number of halogens is 3. The molecule has 3 rings (SSSR count). The first-order valence-electron chi connectivity index (χ1n) is 9.40. The first kappa shape index (κ1) is 24.3. The molecule has 2 atom stereocenters. The van der Waals surface area contributed by atoms with Gasteiger partial charge in [0.15, 0.2) is 12.4 Å². The Labute approximate surface area is 178 Å². The predicted molar refractivity (Wildman–Crippen MR) is 105 cm³/mol. The fourth-order valence-electron chi connectivity index (χ4n) is 3.61. The van der Waals surface area contributed by atoms with Gasteiger partial charge in [-0.15, -0.1) is 0 Å². The van der Waals surface area contributed by atoms with Crippen molar-refractivity contribution in [2.75, 3.05) is 17.7 Å². The molecule has 1 saturated carbocycles. The van der Waals surface area contributed by atoms with Crippen molar-refractivity contribution in [1.29, 1.82) is 5.26 Å². The molecular formula is C20H25F3N6O2. The summed E-state index contributed by atoms with van der Waals surface area (Å²) in [7, 11) is 1.67. The highest BCUT2D eigenvalue weighted by Crippen LogP contribution is 2.52. The molecule has 0 spiro atoms. The molecule has 2 unspecified atom stereocenters. The van der Waals surface area contributed by atoms with E-state index in [9.17, 15) is 18.4 Å². The minimum atomic E-state index is -4.46. The van der Waals surface area contributed by atoms with Crippen LogP contribution in [0.4, 0.5) is 24.9 Å². The number of aromatic nitrogens is 3. The Morgan fingerprint density at radius 1 is 1.35 bits per heavy atom. The van der Waals surface area contributed by atoms with Gasteiger partial charge in [-0.25, -0.2) is 9.97 Å². The standard InChI is InChI=1S/C20H23F3N6O.H2O/c1-18(2)15(7-19(18,3)30-4)28-16-12(8-24)10-26-17(29-16)27-11-13-9-25-6-5-14(13)20(21,22)23;/h5-6,9-10,15H,7,11H2,1-4H3,(H2,26,27,28,29);1H2. The maximum atomic E-state index is 13.2. The minimum Gasteiger partial charge on any atom is -0.870 e. The summed E-state index contributed by atoms with van der Waals surface area (Å²) in [4.78, 5) is 11.0. The van der Waals surface area contributed by atoms with Crippen molar-refractivity contribution in [3.05, 3.63) is 41.3 Å². The van der Waals surface area contributed by atoms with Gasteiger partial charge >= 0.3 is 6.18 Å². The summed E-state index contributed by atoms with van der Waals surface area (Å²) in [5, 5.41) is 15.5. The lowest BCUT2D eigenvalue weighted by atomic mass is 9.56. The minimum absolute atomic E-state index is 0. The van der Waals surface area contributed by atoms with Gasteiger partial charge in [-0.3, -0.25) is 0 Å². The number of H-pyrrole nitrogens is 1. The van der Waals surface area contributed by atoms with Crippen molar-refractivity contribution >= 4 is 11.8 Å². The average Bonchev–Trinajstić information content (AvgIpc) is 2.71. The summed E-state index contributed by atoms with van der Waals surface area (Å²) in [6.07, 6.45) is 0.111. The number of hydrogen-bond acceptors (Lipinski definition) is 7. The first-order valence-corrected chi connectivity index (χ1v) is 9.40. The third-order valence-corrected chi connectivity index (χ3v) is 6.19. The van der Waals surface area contributed by atoms with Crippen LogP contribution >= 0.6 is 0 Å². The number of nitrogens with one attached hydrogen (secondary N) is 3. The number of aromatic amines is 1. The molecule has 31 heavy (non-hydrogen) atoms. The lowest BCUT2D eigenvalue weighted by Gasteiger charge is -2.59. The van der Waals surface area contributed by atoms with Gasteiger partial charge in [0.1, 0.15) is 17.5 Å². The molecule has 0 saturated heterocycles. The van der Waals surface area contributed by atoms with E-state index in [1.165, 1.54) is 18.6 Å². The molecule has 1 aliphatic carbocycles. The molecule has 0 radical (unpaired) electrons. The molecule has 1 fully saturated rings. The van der Waals surface area contributed by atoms with E-state index in [0.717, 1.165) is 12.5 Å². The summed E-state index contributed by atoms with van der Waals surface area (Å²) >= 11 is 0. The van der Waals surface area contributed by atoms with Gasteiger partial charge < -0.3 is 20.8 Å². The maximum absolute atomic E-state index is 13.2. The monoisotopic (exact) mass is 438 g/mol. The maximum Gasteiger partial charge on any atom is 0.417 e. The zero-order valence-electron chi connectivity index (χ0n) is 17.6. The predicted octanol–water partition coefficient (Wildman–Crippen LogP) is 3.23. The number of methoxy groups -OCH3 is 1. The smallest absolute Gasteiger partial charge is 0.417 e. The van der Waals surface area contributed by atoms with Crippen LogP contribution in [0.3, 0.4) is 0 Å². The topological polar surface area (TPSA) is 127 Å². The highest BCUT2D eigenvalue weighted by molar-refractivity contribution is 5.55. The molecular weight excluding hydrogens is 413 g/mol. The molecule has 0 aliphatic heterocycles. The van der Waals surface area contributed by atoms with Crippen molar-refractivity contribution in [2.45, 2.75) is 51.6 Å². The van der Waals surface area contributed by atoms with Gasteiger partial charge in [-0.1, -0.05) is 13.8 Å². The number of rotatable bonds is 6. The van der Waals surface area contributed by atoms with E-state index >= 15 is 0 Å². The Kier molecular flexibility index (Phi) is 6.78. The fourth-order valence-corrected chi connectivity index (χ4v) is 3.61. The largest absolute Gasteiger partial charge is 0.870 e. The quantitative estimate of drug-likeness (QED) is 0.709. The van der Waals surface area contributed by atoms with Crippen LogP contribution in [0.5, 0.6) is 0 Å². The molecule has 11 heteroatoms. The number of hydrogen-bond donors (Lipinski definition) is 2. The van der Waals surface area contributed by atoms with E-state index in [-0.39, 0.29) is 46.2 Å². The van der Waals surface area contributed by atoms with Crippen LogP contribution in [0.25, 0.3) is 0 Å². The Morgan fingerprint density at radius 2 is 2.06 bits per heavy atom. The molecule has 8 nitrogen and oxygen atoms in total. The summed E-state index contributed by atoms with van der Waals surface area (Å²) in [6.45, 7) is 6.02. The van der Waals surface area contributed by atoms with E-state index < -0.39 is 11.7 Å². The molecule has 2 heterocycles. The summed E-state index contributed by atoms with van der Waals surface area (Å²) in [5.41, 5.74) is -0.969. The van der Waals surface area contributed by atoms with E-state index in [1.807, 2.05) is 13.0 Å². The van der Waals surface area contributed by atoms with Crippen LogP contribution in [-0.4, -0.2) is 34.2 Å². The Balaban J connectivity index is 0.00000341. The number of nitrogens with zero attached hydrogens (tertiary/aromatic N) is 3. The Bertz CT molecular complexity index is 976. The molecule has 2 aromatic rings. The first-order chi connectivity index (χ1) is 14.0. The number of alkyl halides is 3. The van der Waals surface area contributed by atoms with Crippen LogP contribution < -0.4 is 15.6 Å². The third-order valence-electron chi connectivity index (χ3n) is 6.19. The average molecular weight is 438 g/mol. The van der Waals surface area contributed by atoms with Gasteiger partial charge in [0.05, 0.1) is 17.4 Å². The van der Waals surface area contributed by atoms with E-state index in [2.05, 4.69) is 39.4 Å². The van der Waals surface area contributed by atoms with E-state index in [1.54, 1.807) is 7.11 Å². The second kappa shape index (κ2) is 8.64. The Hall–Kier alpha value is -2.97. The summed E-state index contributed by atoms with van der Waals surface area (Å²) in [6, 6.07) is 3.03. The van der Waals surface area contributed by atoms with Crippen LogP contribution in [0, 0.1) is 16.7 Å². The van der Waals surface area contributed by atoms with E-state index in [0.29, 0.717) is 5.82 Å². The highest BCUT2D eigenvalue weighted by Gasteiger charge is 2.58. The Morgan fingerprint density at radius 3 is 2.65 bits per heavy atom.